The van der Waals surface area contributed by atoms with Gasteiger partial charge in [-0.05, 0) is 36.6 Å². The zero-order valence-electron chi connectivity index (χ0n) is 12.9. The fourth-order valence-electron chi connectivity index (χ4n) is 2.54. The van der Waals surface area contributed by atoms with Gasteiger partial charge in [0.25, 0.3) is 0 Å². The number of unbranched alkanes of at least 4 members (excludes halogenated alkanes) is 2. The Hall–Kier alpha value is -1.47. The van der Waals surface area contributed by atoms with Crippen LogP contribution in [0, 0.1) is 6.92 Å². The van der Waals surface area contributed by atoms with E-state index in [1.807, 2.05) is 12.1 Å². The van der Waals surface area contributed by atoms with Gasteiger partial charge >= 0.3 is 0 Å². The third-order valence-electron chi connectivity index (χ3n) is 3.83. The summed E-state index contributed by atoms with van der Waals surface area (Å²) in [5.74, 6) is 0. The van der Waals surface area contributed by atoms with Gasteiger partial charge in [-0.15, -0.1) is 0 Å². The van der Waals surface area contributed by atoms with Gasteiger partial charge in [-0.2, -0.15) is 0 Å². The third kappa shape index (κ3) is 4.78. The summed E-state index contributed by atoms with van der Waals surface area (Å²) in [4.78, 5) is 0. The predicted octanol–water partition coefficient (Wildman–Crippen LogP) is 6.38. The molecule has 1 nitrogen and oxygen atoms in total. The second-order valence-electron chi connectivity index (χ2n) is 5.56. The summed E-state index contributed by atoms with van der Waals surface area (Å²) in [7, 11) is 0. The van der Waals surface area contributed by atoms with Crippen LogP contribution in [-0.4, -0.2) is 0 Å². The molecule has 0 amide bonds. The minimum Gasteiger partial charge on any atom is -0.378 e. The highest BCUT2D eigenvalue weighted by molar-refractivity contribution is 6.30. The van der Waals surface area contributed by atoms with Crippen molar-refractivity contribution >= 4 is 17.3 Å². The molecule has 0 aliphatic rings. The van der Waals surface area contributed by atoms with Gasteiger partial charge in [-0.1, -0.05) is 74.2 Å². The number of halogens is 1. The van der Waals surface area contributed by atoms with Gasteiger partial charge in [0.1, 0.15) is 0 Å². The average Bonchev–Trinajstić information content (AvgIpc) is 2.51. The van der Waals surface area contributed by atoms with Gasteiger partial charge in [0.15, 0.2) is 0 Å². The SMILES string of the molecule is CCCCCC(Nc1cc(Cl)ccc1C)c1ccccc1. The van der Waals surface area contributed by atoms with E-state index < -0.39 is 0 Å². The minimum absolute atomic E-state index is 0.343. The fourth-order valence-corrected chi connectivity index (χ4v) is 2.72. The Morgan fingerprint density at radius 2 is 1.81 bits per heavy atom. The van der Waals surface area contributed by atoms with Crippen molar-refractivity contribution in [2.75, 3.05) is 5.32 Å². The molecule has 0 aliphatic heterocycles. The van der Waals surface area contributed by atoms with Crippen molar-refractivity contribution in [1.82, 2.24) is 0 Å². The van der Waals surface area contributed by atoms with Crippen LogP contribution in [0.3, 0.4) is 0 Å². The average molecular weight is 302 g/mol. The normalized spacial score (nSPS) is 12.1. The highest BCUT2D eigenvalue weighted by Gasteiger charge is 2.12. The highest BCUT2D eigenvalue weighted by atomic mass is 35.5. The molecule has 21 heavy (non-hydrogen) atoms. The number of benzene rings is 2. The molecule has 2 heteroatoms. The minimum atomic E-state index is 0.343. The number of hydrogen-bond acceptors (Lipinski definition) is 1. The zero-order valence-corrected chi connectivity index (χ0v) is 13.7. The maximum absolute atomic E-state index is 6.13. The van der Waals surface area contributed by atoms with Crippen LogP contribution in [0.2, 0.25) is 5.02 Å². The Kier molecular flexibility index (Phi) is 6.13. The van der Waals surface area contributed by atoms with Gasteiger partial charge in [0.05, 0.1) is 6.04 Å². The number of nitrogens with one attached hydrogen (secondary N) is 1. The molecule has 2 aromatic rings. The van der Waals surface area contributed by atoms with Crippen LogP contribution in [0.15, 0.2) is 48.5 Å². The molecule has 0 fully saturated rings. The summed E-state index contributed by atoms with van der Waals surface area (Å²) in [5.41, 5.74) is 3.71. The number of hydrogen-bond donors (Lipinski definition) is 1. The van der Waals surface area contributed by atoms with E-state index in [-0.39, 0.29) is 0 Å². The Balaban J connectivity index is 2.17. The van der Waals surface area contributed by atoms with E-state index in [2.05, 4.69) is 55.6 Å². The number of rotatable bonds is 7. The molecular formula is C19H24ClN. The Labute approximate surface area is 133 Å². The maximum atomic E-state index is 6.13. The van der Waals surface area contributed by atoms with Gasteiger partial charge in [0, 0.05) is 10.7 Å². The van der Waals surface area contributed by atoms with E-state index in [0.29, 0.717) is 6.04 Å². The molecule has 0 saturated carbocycles. The molecule has 0 saturated heterocycles. The molecule has 1 atom stereocenters. The van der Waals surface area contributed by atoms with E-state index >= 15 is 0 Å². The summed E-state index contributed by atoms with van der Waals surface area (Å²) < 4.78 is 0. The van der Waals surface area contributed by atoms with E-state index in [0.717, 1.165) is 17.1 Å². The van der Waals surface area contributed by atoms with Crippen molar-refractivity contribution in [3.05, 3.63) is 64.7 Å². The van der Waals surface area contributed by atoms with Crippen molar-refractivity contribution in [2.45, 2.75) is 45.6 Å². The lowest BCUT2D eigenvalue weighted by atomic mass is 9.99. The molecule has 2 aromatic carbocycles. The Morgan fingerprint density at radius 3 is 2.52 bits per heavy atom. The maximum Gasteiger partial charge on any atom is 0.0513 e. The topological polar surface area (TPSA) is 12.0 Å². The Bertz CT molecular complexity index is 551. The lowest BCUT2D eigenvalue weighted by Crippen LogP contribution is -2.11. The van der Waals surface area contributed by atoms with Crippen LogP contribution in [0.5, 0.6) is 0 Å². The Morgan fingerprint density at radius 1 is 1.05 bits per heavy atom. The number of anilines is 1. The first kappa shape index (κ1) is 15.9. The van der Waals surface area contributed by atoms with Gasteiger partial charge in [-0.3, -0.25) is 0 Å². The second kappa shape index (κ2) is 8.09. The molecule has 0 aliphatic carbocycles. The number of aryl methyl sites for hydroxylation is 1. The zero-order chi connectivity index (χ0) is 15.1. The van der Waals surface area contributed by atoms with E-state index in [1.54, 1.807) is 0 Å². The molecule has 0 spiro atoms. The first-order chi connectivity index (χ1) is 10.2. The third-order valence-corrected chi connectivity index (χ3v) is 4.06. The lowest BCUT2D eigenvalue weighted by molar-refractivity contribution is 0.606. The summed E-state index contributed by atoms with van der Waals surface area (Å²) >= 11 is 6.13. The first-order valence-corrected chi connectivity index (χ1v) is 8.16. The van der Waals surface area contributed by atoms with Crippen LogP contribution >= 0.6 is 11.6 Å². The van der Waals surface area contributed by atoms with Gasteiger partial charge in [0.2, 0.25) is 0 Å². The quantitative estimate of drug-likeness (QED) is 0.585. The second-order valence-corrected chi connectivity index (χ2v) is 6.00. The summed E-state index contributed by atoms with van der Waals surface area (Å²) in [6.07, 6.45) is 4.91. The van der Waals surface area contributed by atoms with Crippen LogP contribution < -0.4 is 5.32 Å². The van der Waals surface area contributed by atoms with Crippen LogP contribution in [0.4, 0.5) is 5.69 Å². The van der Waals surface area contributed by atoms with E-state index in [9.17, 15) is 0 Å². The molecule has 1 N–H and O–H groups in total. The van der Waals surface area contributed by atoms with Crippen molar-refractivity contribution in [1.29, 1.82) is 0 Å². The summed E-state index contributed by atoms with van der Waals surface area (Å²) in [5, 5.41) is 4.46. The van der Waals surface area contributed by atoms with Gasteiger partial charge in [-0.25, -0.2) is 0 Å². The molecule has 0 aromatic heterocycles. The van der Waals surface area contributed by atoms with Crippen LogP contribution in [0.1, 0.15) is 49.8 Å². The molecular weight excluding hydrogens is 278 g/mol. The van der Waals surface area contributed by atoms with E-state index in [4.69, 9.17) is 11.6 Å². The van der Waals surface area contributed by atoms with Gasteiger partial charge < -0.3 is 5.32 Å². The smallest absolute Gasteiger partial charge is 0.0513 e. The van der Waals surface area contributed by atoms with Crippen LogP contribution in [0.25, 0.3) is 0 Å². The van der Waals surface area contributed by atoms with Crippen LogP contribution in [-0.2, 0) is 0 Å². The predicted molar refractivity (Wildman–Crippen MR) is 93.1 cm³/mol. The molecule has 112 valence electrons. The largest absolute Gasteiger partial charge is 0.378 e. The van der Waals surface area contributed by atoms with Crippen molar-refractivity contribution in [3.63, 3.8) is 0 Å². The summed E-state index contributed by atoms with van der Waals surface area (Å²) in [6, 6.07) is 17.0. The highest BCUT2D eigenvalue weighted by Crippen LogP contribution is 2.28. The molecule has 2 rings (SSSR count). The summed E-state index contributed by atoms with van der Waals surface area (Å²) in [6.45, 7) is 4.36. The molecule has 0 bridgehead atoms. The first-order valence-electron chi connectivity index (χ1n) is 7.78. The van der Waals surface area contributed by atoms with Crippen molar-refractivity contribution in [2.24, 2.45) is 0 Å². The standard InChI is InChI=1S/C19H24ClN/c1-3-4-6-11-18(16-9-7-5-8-10-16)21-19-14-17(20)13-12-15(19)2/h5,7-10,12-14,18,21H,3-4,6,11H2,1-2H3. The fraction of sp³-hybridized carbons (Fsp3) is 0.368. The monoisotopic (exact) mass is 301 g/mol. The van der Waals surface area contributed by atoms with Crippen molar-refractivity contribution < 1.29 is 0 Å². The van der Waals surface area contributed by atoms with Crippen molar-refractivity contribution in [3.8, 4) is 0 Å². The molecule has 0 radical (unpaired) electrons. The molecule has 0 heterocycles. The molecule has 1 unspecified atom stereocenters. The van der Waals surface area contributed by atoms with E-state index in [1.165, 1.54) is 30.4 Å². The lowest BCUT2D eigenvalue weighted by Gasteiger charge is -2.22.